The maximum atomic E-state index is 14.0. The molecule has 5 nitrogen and oxygen atoms in total. The Morgan fingerprint density at radius 2 is 2.09 bits per heavy atom. The minimum Gasteiger partial charge on any atom is -0.478 e. The molecule has 0 aliphatic carbocycles. The Labute approximate surface area is 135 Å². The van der Waals surface area contributed by atoms with Crippen LogP contribution in [0.5, 0.6) is 0 Å². The Bertz CT molecular complexity index is 805. The number of carbonyl (C=O) groups is 1. The van der Waals surface area contributed by atoms with Gasteiger partial charge in [-0.1, -0.05) is 0 Å². The zero-order valence-corrected chi connectivity index (χ0v) is 13.5. The molecule has 8 heteroatoms. The van der Waals surface area contributed by atoms with Crippen LogP contribution in [0.1, 0.15) is 10.4 Å². The van der Waals surface area contributed by atoms with Crippen LogP contribution in [0.25, 0.3) is 0 Å². The molecular formula is C14H13FN2O3S2. The molecule has 0 amide bonds. The van der Waals surface area contributed by atoms with Gasteiger partial charge in [-0.2, -0.15) is 0 Å². The molecule has 0 saturated heterocycles. The van der Waals surface area contributed by atoms with Crippen molar-refractivity contribution in [2.75, 3.05) is 11.6 Å². The molecule has 0 radical (unpaired) electrons. The Hall–Kier alpha value is -1.93. The van der Waals surface area contributed by atoms with E-state index in [1.54, 1.807) is 6.07 Å². The van der Waals surface area contributed by atoms with Crippen LogP contribution in [-0.4, -0.2) is 21.9 Å². The van der Waals surface area contributed by atoms with Crippen LogP contribution < -0.4 is 10.9 Å². The number of nitrogens with zero attached hydrogens (tertiary/aromatic N) is 1. The topological polar surface area (TPSA) is 71.3 Å². The number of rotatable bonds is 4. The molecule has 0 fully saturated rings. The molecule has 0 spiro atoms. The fraction of sp³-hybridized carbons (Fsp3) is 0.143. The van der Waals surface area contributed by atoms with Gasteiger partial charge in [0.1, 0.15) is 17.2 Å². The summed E-state index contributed by atoms with van der Waals surface area (Å²) in [5, 5.41) is 11.9. The third-order valence-electron chi connectivity index (χ3n) is 3.06. The van der Waals surface area contributed by atoms with Gasteiger partial charge in [0.25, 0.3) is 5.56 Å². The zero-order valence-electron chi connectivity index (χ0n) is 11.8. The van der Waals surface area contributed by atoms with E-state index in [0.29, 0.717) is 0 Å². The van der Waals surface area contributed by atoms with Crippen molar-refractivity contribution in [3.05, 3.63) is 46.0 Å². The average Bonchev–Trinajstić information content (AvgIpc) is 2.48. The lowest BCUT2D eigenvalue weighted by molar-refractivity contribution is 0.0697. The number of thioether (sulfide) groups is 1. The second kappa shape index (κ2) is 6.45. The standard InChI is InChI=1S/C14H13FN2O3S2/c1-17-12(8(14(19)20)6-11(21)13(17)18)16-10-4-3-7(22-2)5-9(10)15/h3-6,16,21H,1-2H3,(H,19,20). The summed E-state index contributed by atoms with van der Waals surface area (Å²) in [5.41, 5.74) is -0.556. The molecule has 2 rings (SSSR count). The SMILES string of the molecule is CSc1ccc(Nc2c(C(=O)O)cc(S)c(=O)n2C)c(F)c1. The van der Waals surface area contributed by atoms with E-state index in [0.717, 1.165) is 15.5 Å². The quantitative estimate of drug-likeness (QED) is 0.590. The molecule has 2 aromatic rings. The molecule has 0 bridgehead atoms. The normalized spacial score (nSPS) is 10.5. The number of benzene rings is 1. The second-order valence-electron chi connectivity index (χ2n) is 4.43. The summed E-state index contributed by atoms with van der Waals surface area (Å²) in [5.74, 6) is -1.79. The number of halogens is 1. The third-order valence-corrected chi connectivity index (χ3v) is 4.10. The van der Waals surface area contributed by atoms with Crippen molar-refractivity contribution in [3.63, 3.8) is 0 Å². The van der Waals surface area contributed by atoms with Gasteiger partial charge in [-0.25, -0.2) is 9.18 Å². The lowest BCUT2D eigenvalue weighted by Gasteiger charge is -2.15. The van der Waals surface area contributed by atoms with Crippen LogP contribution in [-0.2, 0) is 7.05 Å². The smallest absolute Gasteiger partial charge is 0.339 e. The number of anilines is 2. The molecular weight excluding hydrogens is 327 g/mol. The first-order valence-electron chi connectivity index (χ1n) is 6.12. The number of pyridine rings is 1. The van der Waals surface area contributed by atoms with Crippen molar-refractivity contribution >= 4 is 41.9 Å². The van der Waals surface area contributed by atoms with Gasteiger partial charge in [-0.3, -0.25) is 9.36 Å². The lowest BCUT2D eigenvalue weighted by Crippen LogP contribution is -2.23. The largest absolute Gasteiger partial charge is 0.478 e. The third kappa shape index (κ3) is 3.12. The van der Waals surface area contributed by atoms with Crippen LogP contribution in [0.3, 0.4) is 0 Å². The van der Waals surface area contributed by atoms with Crippen LogP contribution in [0.2, 0.25) is 0 Å². The van der Waals surface area contributed by atoms with Gasteiger partial charge < -0.3 is 10.4 Å². The van der Waals surface area contributed by atoms with Crippen molar-refractivity contribution in [2.24, 2.45) is 7.05 Å². The zero-order chi connectivity index (χ0) is 16.4. The van der Waals surface area contributed by atoms with E-state index in [9.17, 15) is 19.1 Å². The van der Waals surface area contributed by atoms with Gasteiger partial charge in [0, 0.05) is 11.9 Å². The molecule has 0 aliphatic rings. The number of carboxylic acids is 1. The summed E-state index contributed by atoms with van der Waals surface area (Å²) in [6.45, 7) is 0. The van der Waals surface area contributed by atoms with Crippen molar-refractivity contribution in [1.82, 2.24) is 4.57 Å². The predicted octanol–water partition coefficient (Wildman–Crippen LogP) is 2.98. The lowest BCUT2D eigenvalue weighted by atomic mass is 10.2. The molecule has 1 aromatic carbocycles. The van der Waals surface area contributed by atoms with Crippen LogP contribution in [0.15, 0.2) is 38.9 Å². The van der Waals surface area contributed by atoms with Crippen LogP contribution >= 0.6 is 24.4 Å². The fourth-order valence-corrected chi connectivity index (χ4v) is 2.59. The Kier molecular flexibility index (Phi) is 4.82. The van der Waals surface area contributed by atoms with Crippen molar-refractivity contribution in [1.29, 1.82) is 0 Å². The molecule has 0 unspecified atom stereocenters. The van der Waals surface area contributed by atoms with Gasteiger partial charge in [0.15, 0.2) is 0 Å². The molecule has 116 valence electrons. The first-order valence-corrected chi connectivity index (χ1v) is 7.79. The first-order chi connectivity index (χ1) is 10.3. The highest BCUT2D eigenvalue weighted by atomic mass is 32.2. The molecule has 1 heterocycles. The van der Waals surface area contributed by atoms with Gasteiger partial charge in [0.05, 0.1) is 10.6 Å². The van der Waals surface area contributed by atoms with Gasteiger partial charge >= 0.3 is 5.97 Å². The molecule has 2 N–H and O–H groups in total. The van der Waals surface area contributed by atoms with E-state index in [4.69, 9.17) is 0 Å². The monoisotopic (exact) mass is 340 g/mol. The van der Waals surface area contributed by atoms with E-state index in [1.807, 2.05) is 6.26 Å². The van der Waals surface area contributed by atoms with Gasteiger partial charge in [-0.15, -0.1) is 24.4 Å². The number of aromatic carboxylic acids is 1. The number of aromatic nitrogens is 1. The fourth-order valence-electron chi connectivity index (χ4n) is 1.89. The molecule has 0 aliphatic heterocycles. The van der Waals surface area contributed by atoms with Crippen molar-refractivity contribution in [3.8, 4) is 0 Å². The maximum absolute atomic E-state index is 14.0. The Morgan fingerprint density at radius 3 is 2.64 bits per heavy atom. The van der Waals surface area contributed by atoms with E-state index in [1.165, 1.54) is 30.9 Å². The summed E-state index contributed by atoms with van der Waals surface area (Å²) in [7, 11) is 1.39. The molecule has 0 saturated carbocycles. The number of carboxylic acid groups (broad SMARTS) is 1. The molecule has 22 heavy (non-hydrogen) atoms. The maximum Gasteiger partial charge on any atom is 0.339 e. The number of thiol groups is 1. The summed E-state index contributed by atoms with van der Waals surface area (Å²) in [6, 6.07) is 5.66. The first kappa shape index (κ1) is 16.4. The average molecular weight is 340 g/mol. The highest BCUT2D eigenvalue weighted by molar-refractivity contribution is 7.98. The minimum absolute atomic E-state index is 0.00338. The minimum atomic E-state index is -1.24. The van der Waals surface area contributed by atoms with Gasteiger partial charge in [-0.05, 0) is 30.5 Å². The summed E-state index contributed by atoms with van der Waals surface area (Å²) in [4.78, 5) is 24.0. The summed E-state index contributed by atoms with van der Waals surface area (Å²) >= 11 is 5.34. The highest BCUT2D eigenvalue weighted by Crippen LogP contribution is 2.26. The number of nitrogens with one attached hydrogen (secondary N) is 1. The Balaban J connectivity index is 2.56. The summed E-state index contributed by atoms with van der Waals surface area (Å²) < 4.78 is 15.1. The van der Waals surface area contributed by atoms with E-state index in [2.05, 4.69) is 17.9 Å². The van der Waals surface area contributed by atoms with Crippen molar-refractivity contribution < 1.29 is 14.3 Å². The van der Waals surface area contributed by atoms with E-state index >= 15 is 0 Å². The van der Waals surface area contributed by atoms with Crippen LogP contribution in [0.4, 0.5) is 15.9 Å². The van der Waals surface area contributed by atoms with Gasteiger partial charge in [0.2, 0.25) is 0 Å². The van der Waals surface area contributed by atoms with Crippen molar-refractivity contribution in [2.45, 2.75) is 9.79 Å². The highest BCUT2D eigenvalue weighted by Gasteiger charge is 2.17. The molecule has 1 aromatic heterocycles. The van der Waals surface area contributed by atoms with E-state index < -0.39 is 17.3 Å². The predicted molar refractivity (Wildman–Crippen MR) is 87.4 cm³/mol. The Morgan fingerprint density at radius 1 is 1.41 bits per heavy atom. The summed E-state index contributed by atoms with van der Waals surface area (Å²) in [6.07, 6.45) is 1.82. The molecule has 0 atom stereocenters. The number of hydrogen-bond donors (Lipinski definition) is 3. The van der Waals surface area contributed by atoms with E-state index in [-0.39, 0.29) is 22.0 Å². The second-order valence-corrected chi connectivity index (χ2v) is 5.79. The number of hydrogen-bond acceptors (Lipinski definition) is 5. The van der Waals surface area contributed by atoms with Crippen LogP contribution in [0, 0.1) is 5.82 Å².